The maximum absolute atomic E-state index is 13.8. The molecule has 0 saturated carbocycles. The van der Waals surface area contributed by atoms with E-state index in [0.717, 1.165) is 57.2 Å². The summed E-state index contributed by atoms with van der Waals surface area (Å²) in [5.41, 5.74) is 2.11. The lowest BCUT2D eigenvalue weighted by Gasteiger charge is -2.51. The van der Waals surface area contributed by atoms with Gasteiger partial charge in [0.25, 0.3) is 0 Å². The lowest BCUT2D eigenvalue weighted by atomic mass is 9.69. The zero-order chi connectivity index (χ0) is 27.4. The Morgan fingerprint density at radius 1 is 1.00 bits per heavy atom. The molecule has 4 heterocycles. The Morgan fingerprint density at radius 2 is 1.69 bits per heavy atom. The van der Waals surface area contributed by atoms with E-state index in [1.807, 2.05) is 17.9 Å². The minimum Gasteiger partial charge on any atom is -0.450 e. The van der Waals surface area contributed by atoms with Crippen molar-refractivity contribution in [3.05, 3.63) is 63.6 Å². The number of amides is 1. The second-order valence-electron chi connectivity index (χ2n) is 11.4. The van der Waals surface area contributed by atoms with Gasteiger partial charge in [0.1, 0.15) is 0 Å². The molecule has 7 nitrogen and oxygen atoms in total. The first-order valence-corrected chi connectivity index (χ1v) is 16.1. The van der Waals surface area contributed by atoms with Crippen LogP contribution < -0.4 is 0 Å². The van der Waals surface area contributed by atoms with Crippen LogP contribution in [0.2, 0.25) is 10.0 Å². The molecule has 3 saturated heterocycles. The van der Waals surface area contributed by atoms with E-state index in [1.165, 1.54) is 17.7 Å². The number of sulfonamides is 1. The summed E-state index contributed by atoms with van der Waals surface area (Å²) in [6, 6.07) is 13.8. The van der Waals surface area contributed by atoms with E-state index in [1.54, 1.807) is 10.4 Å². The molecule has 4 aliphatic rings. The Bertz CT molecular complexity index is 1350. The molecule has 10 heteroatoms. The van der Waals surface area contributed by atoms with Crippen LogP contribution in [0, 0.1) is 0 Å². The van der Waals surface area contributed by atoms with Crippen LogP contribution >= 0.6 is 23.2 Å². The lowest BCUT2D eigenvalue weighted by Crippen LogP contribution is -2.57. The van der Waals surface area contributed by atoms with Gasteiger partial charge in [0.05, 0.1) is 21.5 Å². The Labute approximate surface area is 241 Å². The maximum atomic E-state index is 13.8. The molecule has 2 atom stereocenters. The minimum atomic E-state index is -3.75. The molecular weight excluding hydrogens is 557 g/mol. The van der Waals surface area contributed by atoms with E-state index in [-0.39, 0.29) is 33.5 Å². The molecule has 2 unspecified atom stereocenters. The average molecular weight is 593 g/mol. The Kier molecular flexibility index (Phi) is 7.38. The highest BCUT2D eigenvalue weighted by atomic mass is 35.5. The van der Waals surface area contributed by atoms with Gasteiger partial charge in [-0.25, -0.2) is 13.2 Å². The van der Waals surface area contributed by atoms with Crippen LogP contribution in [-0.4, -0.2) is 73.0 Å². The third-order valence-corrected chi connectivity index (χ3v) is 11.9. The molecule has 2 bridgehead atoms. The SMILES string of the molecule is CCOC(=O)N1C2CCC1CC(N1CCC3(CC1)CN(S(=O)(=O)c1ccc(Cl)c(Cl)c1)Cc1ccccc13)C2. The summed E-state index contributed by atoms with van der Waals surface area (Å²) < 4.78 is 34.5. The molecule has 2 aromatic rings. The first kappa shape index (κ1) is 27.3. The van der Waals surface area contributed by atoms with Crippen molar-refractivity contribution < 1.29 is 17.9 Å². The number of ether oxygens (including phenoxy) is 1. The van der Waals surface area contributed by atoms with Crippen LogP contribution in [0.1, 0.15) is 56.6 Å². The zero-order valence-corrected chi connectivity index (χ0v) is 24.5. The van der Waals surface area contributed by atoms with E-state index in [2.05, 4.69) is 23.1 Å². The summed E-state index contributed by atoms with van der Waals surface area (Å²) in [6.07, 6.45) is 5.69. The maximum Gasteiger partial charge on any atom is 0.410 e. The Balaban J connectivity index is 1.21. The summed E-state index contributed by atoms with van der Waals surface area (Å²) in [5.74, 6) is 0. The summed E-state index contributed by atoms with van der Waals surface area (Å²) in [6.45, 7) is 4.89. The first-order valence-electron chi connectivity index (χ1n) is 13.9. The van der Waals surface area contributed by atoms with Gasteiger partial charge in [-0.3, -0.25) is 0 Å². The van der Waals surface area contributed by atoms with Crippen molar-refractivity contribution in [2.75, 3.05) is 26.2 Å². The van der Waals surface area contributed by atoms with Crippen molar-refractivity contribution in [3.8, 4) is 0 Å². The predicted octanol–water partition coefficient (Wildman–Crippen LogP) is 5.68. The fraction of sp³-hybridized carbons (Fsp3) is 0.552. The molecule has 0 N–H and O–H groups in total. The third-order valence-electron chi connectivity index (χ3n) is 9.40. The van der Waals surface area contributed by atoms with Gasteiger partial charge in [0.15, 0.2) is 0 Å². The van der Waals surface area contributed by atoms with Crippen molar-refractivity contribution in [1.29, 1.82) is 0 Å². The largest absolute Gasteiger partial charge is 0.450 e. The van der Waals surface area contributed by atoms with Gasteiger partial charge in [-0.2, -0.15) is 4.31 Å². The highest BCUT2D eigenvalue weighted by Gasteiger charge is 2.49. The van der Waals surface area contributed by atoms with Gasteiger partial charge in [-0.05, 0) is 87.9 Å². The van der Waals surface area contributed by atoms with E-state index < -0.39 is 10.0 Å². The minimum absolute atomic E-state index is 0.164. The quantitative estimate of drug-likeness (QED) is 0.457. The van der Waals surface area contributed by atoms with Crippen LogP contribution in [0.25, 0.3) is 0 Å². The van der Waals surface area contributed by atoms with Gasteiger partial charge in [0, 0.05) is 36.6 Å². The van der Waals surface area contributed by atoms with Crippen molar-refractivity contribution in [1.82, 2.24) is 14.1 Å². The number of hydrogen-bond acceptors (Lipinski definition) is 5. The van der Waals surface area contributed by atoms with Crippen molar-refractivity contribution >= 4 is 39.3 Å². The summed E-state index contributed by atoms with van der Waals surface area (Å²) >= 11 is 12.3. The second-order valence-corrected chi connectivity index (χ2v) is 14.2. The Morgan fingerprint density at radius 3 is 2.36 bits per heavy atom. The Hall–Kier alpha value is -1.84. The zero-order valence-electron chi connectivity index (χ0n) is 22.2. The number of nitrogens with zero attached hydrogens (tertiary/aromatic N) is 3. The van der Waals surface area contributed by atoms with E-state index in [9.17, 15) is 13.2 Å². The van der Waals surface area contributed by atoms with Gasteiger partial charge in [-0.15, -0.1) is 0 Å². The predicted molar refractivity (Wildman–Crippen MR) is 152 cm³/mol. The smallest absolute Gasteiger partial charge is 0.410 e. The summed E-state index contributed by atoms with van der Waals surface area (Å²) in [7, 11) is -3.75. The molecule has 0 aromatic heterocycles. The summed E-state index contributed by atoms with van der Waals surface area (Å²) in [4.78, 5) is 17.3. The van der Waals surface area contributed by atoms with E-state index in [4.69, 9.17) is 27.9 Å². The average Bonchev–Trinajstić information content (AvgIpc) is 3.20. The van der Waals surface area contributed by atoms with Crippen LogP contribution in [0.3, 0.4) is 0 Å². The number of fused-ring (bicyclic) bond motifs is 4. The van der Waals surface area contributed by atoms with Crippen molar-refractivity contribution in [2.45, 2.75) is 80.4 Å². The molecule has 1 amide bonds. The van der Waals surface area contributed by atoms with Crippen molar-refractivity contribution in [2.24, 2.45) is 0 Å². The number of piperidine rings is 2. The third kappa shape index (κ3) is 4.86. The fourth-order valence-corrected chi connectivity index (χ4v) is 9.38. The van der Waals surface area contributed by atoms with Crippen LogP contribution in [0.5, 0.6) is 0 Å². The van der Waals surface area contributed by atoms with Crippen LogP contribution in [-0.2, 0) is 26.7 Å². The van der Waals surface area contributed by atoms with E-state index in [0.29, 0.717) is 30.8 Å². The second kappa shape index (κ2) is 10.5. The fourth-order valence-electron chi connectivity index (χ4n) is 7.49. The molecular formula is C29H35Cl2N3O4S. The molecule has 210 valence electrons. The summed E-state index contributed by atoms with van der Waals surface area (Å²) in [5, 5.41) is 0.575. The molecule has 0 radical (unpaired) electrons. The standard InChI is InChI=1S/C29H35Cl2N3O4S/c1-2-38-28(35)34-21-7-8-22(34)16-23(15-21)32-13-11-29(12-14-32)19-33(18-20-5-3-4-6-25(20)29)39(36,37)24-9-10-26(30)27(31)17-24/h3-6,9-10,17,21-23H,2,7-8,11-16,18-19H2,1H3. The topological polar surface area (TPSA) is 70.2 Å². The molecule has 39 heavy (non-hydrogen) atoms. The molecule has 4 aliphatic heterocycles. The van der Waals surface area contributed by atoms with Gasteiger partial charge in [0.2, 0.25) is 10.0 Å². The van der Waals surface area contributed by atoms with Gasteiger partial charge < -0.3 is 14.5 Å². The molecule has 0 aliphatic carbocycles. The molecule has 3 fully saturated rings. The first-order chi connectivity index (χ1) is 18.7. The number of carbonyl (C=O) groups is 1. The number of carbonyl (C=O) groups excluding carboxylic acids is 1. The number of halogens is 2. The van der Waals surface area contributed by atoms with Crippen LogP contribution in [0.15, 0.2) is 47.4 Å². The monoisotopic (exact) mass is 591 g/mol. The van der Waals surface area contributed by atoms with Crippen LogP contribution in [0.4, 0.5) is 4.79 Å². The number of benzene rings is 2. The lowest BCUT2D eigenvalue weighted by molar-refractivity contribution is 0.0237. The van der Waals surface area contributed by atoms with Gasteiger partial charge >= 0.3 is 6.09 Å². The van der Waals surface area contributed by atoms with E-state index >= 15 is 0 Å². The highest BCUT2D eigenvalue weighted by molar-refractivity contribution is 7.89. The van der Waals surface area contributed by atoms with Crippen molar-refractivity contribution in [3.63, 3.8) is 0 Å². The normalized spacial score (nSPS) is 26.9. The number of likely N-dealkylation sites (tertiary alicyclic amines) is 1. The molecule has 2 aromatic carbocycles. The highest BCUT2D eigenvalue weighted by Crippen LogP contribution is 2.45. The number of hydrogen-bond donors (Lipinski definition) is 0. The molecule has 1 spiro atoms. The number of rotatable bonds is 4. The van der Waals surface area contributed by atoms with Gasteiger partial charge in [-0.1, -0.05) is 47.5 Å². The molecule has 6 rings (SSSR count).